The zero-order valence-corrected chi connectivity index (χ0v) is 22.6. The van der Waals surface area contributed by atoms with Gasteiger partial charge in [-0.15, -0.1) is 0 Å². The van der Waals surface area contributed by atoms with E-state index < -0.39 is 17.8 Å². The third kappa shape index (κ3) is 5.14. The molecule has 4 aromatic rings. The second-order valence-corrected chi connectivity index (χ2v) is 10.6. The van der Waals surface area contributed by atoms with Crippen molar-refractivity contribution in [3.63, 3.8) is 0 Å². The Labute approximate surface area is 235 Å². The number of alkyl halides is 3. The van der Waals surface area contributed by atoms with Gasteiger partial charge in [-0.2, -0.15) is 13.2 Å². The van der Waals surface area contributed by atoms with E-state index >= 15 is 0 Å². The zero-order valence-electron chi connectivity index (χ0n) is 22.6. The molecule has 212 valence electrons. The van der Waals surface area contributed by atoms with Gasteiger partial charge in [0.25, 0.3) is 0 Å². The minimum absolute atomic E-state index is 0.0201. The quantitative estimate of drug-likeness (QED) is 0.326. The summed E-state index contributed by atoms with van der Waals surface area (Å²) in [5, 5.41) is 0. The molecule has 1 aromatic heterocycles. The van der Waals surface area contributed by atoms with Crippen molar-refractivity contribution in [3.8, 4) is 0 Å². The Kier molecular flexibility index (Phi) is 6.93. The number of fused-ring (bicyclic) bond motifs is 3. The maximum atomic E-state index is 14.0. The van der Waals surface area contributed by atoms with Crippen molar-refractivity contribution in [1.82, 2.24) is 19.4 Å². The van der Waals surface area contributed by atoms with Gasteiger partial charge in [0.1, 0.15) is 11.9 Å². The predicted molar refractivity (Wildman–Crippen MR) is 149 cm³/mol. The molecule has 41 heavy (non-hydrogen) atoms. The highest BCUT2D eigenvalue weighted by atomic mass is 19.4. The summed E-state index contributed by atoms with van der Waals surface area (Å²) in [6.07, 6.45) is -4.43. The molecule has 0 radical (unpaired) electrons. The number of benzene rings is 3. The number of imidazole rings is 1. The highest BCUT2D eigenvalue weighted by Gasteiger charge is 2.41. The zero-order chi connectivity index (χ0) is 28.7. The van der Waals surface area contributed by atoms with E-state index in [4.69, 9.17) is 4.98 Å². The van der Waals surface area contributed by atoms with Crippen LogP contribution in [0.4, 0.5) is 18.9 Å². The number of rotatable bonds is 5. The molecule has 0 spiro atoms. The lowest BCUT2D eigenvalue weighted by atomic mass is 10.0. The molecule has 2 aliphatic heterocycles. The van der Waals surface area contributed by atoms with Crippen LogP contribution in [0.25, 0.3) is 11.0 Å². The van der Waals surface area contributed by atoms with E-state index in [1.165, 1.54) is 6.07 Å². The molecule has 2 atom stereocenters. The van der Waals surface area contributed by atoms with Crippen molar-refractivity contribution in [2.45, 2.75) is 38.1 Å². The van der Waals surface area contributed by atoms with Gasteiger partial charge in [0.2, 0.25) is 11.8 Å². The Balaban J connectivity index is 1.22. The van der Waals surface area contributed by atoms with Crippen molar-refractivity contribution in [2.24, 2.45) is 0 Å². The van der Waals surface area contributed by atoms with E-state index in [0.29, 0.717) is 38.4 Å². The van der Waals surface area contributed by atoms with Crippen molar-refractivity contribution in [1.29, 1.82) is 0 Å². The molecule has 2 aliphatic rings. The molecule has 2 unspecified atom stereocenters. The van der Waals surface area contributed by atoms with Crippen LogP contribution >= 0.6 is 0 Å². The predicted octanol–water partition coefficient (Wildman–Crippen LogP) is 5.44. The number of halogens is 3. The average molecular weight is 562 g/mol. The number of nitrogens with zero attached hydrogens (tertiary/aromatic N) is 5. The number of para-hydroxylation sites is 2. The summed E-state index contributed by atoms with van der Waals surface area (Å²) in [6, 6.07) is 21.6. The number of amides is 2. The molecule has 10 heteroatoms. The molecule has 3 heterocycles. The molecular formula is C31H30F3N5O2. The fourth-order valence-electron chi connectivity index (χ4n) is 5.88. The lowest BCUT2D eigenvalue weighted by molar-refractivity contribution is -0.144. The minimum Gasteiger partial charge on any atom is -0.368 e. The van der Waals surface area contributed by atoms with Crippen LogP contribution in [0.2, 0.25) is 0 Å². The van der Waals surface area contributed by atoms with E-state index in [-0.39, 0.29) is 24.3 Å². The highest BCUT2D eigenvalue weighted by molar-refractivity contribution is 5.91. The van der Waals surface area contributed by atoms with Gasteiger partial charge in [-0.25, -0.2) is 4.98 Å². The summed E-state index contributed by atoms with van der Waals surface area (Å²) in [4.78, 5) is 37.8. The lowest BCUT2D eigenvalue weighted by Crippen LogP contribution is -2.51. The Morgan fingerprint density at radius 3 is 2.37 bits per heavy atom. The van der Waals surface area contributed by atoms with Gasteiger partial charge in [-0.1, -0.05) is 48.5 Å². The normalized spacial score (nSPS) is 19.5. The van der Waals surface area contributed by atoms with Gasteiger partial charge >= 0.3 is 6.18 Å². The first-order chi connectivity index (χ1) is 19.7. The molecule has 1 saturated heterocycles. The molecule has 0 N–H and O–H groups in total. The van der Waals surface area contributed by atoms with Crippen LogP contribution in [0.15, 0.2) is 78.9 Å². The summed E-state index contributed by atoms with van der Waals surface area (Å²) in [5.74, 6) is 0.451. The summed E-state index contributed by atoms with van der Waals surface area (Å²) in [6.45, 7) is 3.90. The number of piperazine rings is 1. The van der Waals surface area contributed by atoms with Crippen molar-refractivity contribution in [3.05, 3.63) is 95.8 Å². The summed E-state index contributed by atoms with van der Waals surface area (Å²) < 4.78 is 41.5. The fourth-order valence-corrected chi connectivity index (χ4v) is 5.88. The summed E-state index contributed by atoms with van der Waals surface area (Å²) in [5.41, 5.74) is 2.37. The van der Waals surface area contributed by atoms with Crippen LogP contribution in [0.5, 0.6) is 0 Å². The Hall–Kier alpha value is -4.34. The lowest BCUT2D eigenvalue weighted by Gasteiger charge is -2.40. The third-order valence-electron chi connectivity index (χ3n) is 8.08. The molecular weight excluding hydrogens is 531 g/mol. The van der Waals surface area contributed by atoms with E-state index in [0.717, 1.165) is 34.6 Å². The molecule has 6 rings (SSSR count). The topological polar surface area (TPSA) is 61.7 Å². The van der Waals surface area contributed by atoms with Crippen molar-refractivity contribution in [2.75, 3.05) is 31.1 Å². The first kappa shape index (κ1) is 26.9. The first-order valence-corrected chi connectivity index (χ1v) is 13.7. The second-order valence-electron chi connectivity index (χ2n) is 10.6. The molecule has 1 fully saturated rings. The van der Waals surface area contributed by atoms with Gasteiger partial charge in [0, 0.05) is 38.4 Å². The fraction of sp³-hybridized carbons (Fsp3) is 0.323. The number of hydrogen-bond donors (Lipinski definition) is 0. The van der Waals surface area contributed by atoms with E-state index in [1.807, 2.05) is 71.0 Å². The monoisotopic (exact) mass is 561 g/mol. The van der Waals surface area contributed by atoms with Gasteiger partial charge < -0.3 is 19.3 Å². The largest absolute Gasteiger partial charge is 0.416 e. The third-order valence-corrected chi connectivity index (χ3v) is 8.08. The number of anilines is 1. The maximum absolute atomic E-state index is 14.0. The minimum atomic E-state index is -4.41. The van der Waals surface area contributed by atoms with Gasteiger partial charge in [-0.05, 0) is 42.8 Å². The van der Waals surface area contributed by atoms with Crippen LogP contribution in [0.1, 0.15) is 42.4 Å². The first-order valence-electron chi connectivity index (χ1n) is 13.7. The number of hydrogen-bond acceptors (Lipinski definition) is 4. The van der Waals surface area contributed by atoms with E-state index in [1.54, 1.807) is 15.9 Å². The Morgan fingerprint density at radius 2 is 1.63 bits per heavy atom. The smallest absolute Gasteiger partial charge is 0.368 e. The molecule has 0 aliphatic carbocycles. The maximum Gasteiger partial charge on any atom is 0.416 e. The Morgan fingerprint density at radius 1 is 0.927 bits per heavy atom. The molecule has 0 saturated carbocycles. The van der Waals surface area contributed by atoms with Gasteiger partial charge in [0.15, 0.2) is 0 Å². The number of carbonyl (C=O) groups excluding carboxylic acids is 2. The van der Waals surface area contributed by atoms with E-state index in [9.17, 15) is 22.8 Å². The van der Waals surface area contributed by atoms with Gasteiger partial charge in [0.05, 0.1) is 29.1 Å². The van der Waals surface area contributed by atoms with Crippen LogP contribution in [0, 0.1) is 0 Å². The Bertz CT molecular complexity index is 1580. The van der Waals surface area contributed by atoms with Gasteiger partial charge in [-0.3, -0.25) is 9.59 Å². The van der Waals surface area contributed by atoms with Crippen LogP contribution < -0.4 is 4.90 Å². The standard InChI is InChI=1S/C31H30F3N5O2/c1-21-29-35-25-12-5-6-13-26(25)39(29)27(30(41)38(21)20-22-8-3-2-4-9-22)19-28(40)37-16-14-36(15-17-37)24-11-7-10-23(18-24)31(32,33)34/h2-13,18,21,27H,14-17,19-20H2,1H3. The number of aromatic nitrogens is 2. The molecule has 7 nitrogen and oxygen atoms in total. The second kappa shape index (κ2) is 10.6. The SMILES string of the molecule is CC1c2nc3ccccc3n2C(CC(=O)N2CCN(c3cccc(C(F)(F)F)c3)CC2)C(=O)N1Cc1ccccc1. The molecule has 3 aromatic carbocycles. The summed E-state index contributed by atoms with van der Waals surface area (Å²) in [7, 11) is 0. The summed E-state index contributed by atoms with van der Waals surface area (Å²) >= 11 is 0. The average Bonchev–Trinajstić information content (AvgIpc) is 3.37. The molecule has 0 bridgehead atoms. The van der Waals surface area contributed by atoms with Crippen LogP contribution in [-0.2, 0) is 22.3 Å². The van der Waals surface area contributed by atoms with Crippen LogP contribution in [0.3, 0.4) is 0 Å². The molecule has 2 amide bonds. The van der Waals surface area contributed by atoms with Crippen molar-refractivity contribution >= 4 is 28.5 Å². The highest BCUT2D eigenvalue weighted by Crippen LogP contribution is 2.38. The van der Waals surface area contributed by atoms with E-state index in [2.05, 4.69) is 0 Å². The number of carbonyl (C=O) groups is 2. The van der Waals surface area contributed by atoms with Crippen LogP contribution in [-0.4, -0.2) is 57.3 Å². The van der Waals surface area contributed by atoms with Crippen molar-refractivity contribution < 1.29 is 22.8 Å².